The van der Waals surface area contributed by atoms with Gasteiger partial charge >= 0.3 is 0 Å². The van der Waals surface area contributed by atoms with Gasteiger partial charge in [-0.2, -0.15) is 4.99 Å². The second kappa shape index (κ2) is 6.41. The van der Waals surface area contributed by atoms with Gasteiger partial charge in [0.25, 0.3) is 5.91 Å². The number of pyridine rings is 1. The lowest BCUT2D eigenvalue weighted by molar-refractivity contribution is -0.122. The molecule has 22 heavy (non-hydrogen) atoms. The Morgan fingerprint density at radius 3 is 2.91 bits per heavy atom. The zero-order valence-electron chi connectivity index (χ0n) is 12.2. The number of hydrogen-bond acceptors (Lipinski definition) is 6. The highest BCUT2D eigenvalue weighted by atomic mass is 32.2. The molecule has 0 radical (unpaired) electrons. The lowest BCUT2D eigenvalue weighted by Crippen LogP contribution is -2.28. The molecule has 2 aromatic rings. The van der Waals surface area contributed by atoms with Crippen molar-refractivity contribution in [2.24, 2.45) is 4.99 Å². The zero-order chi connectivity index (χ0) is 15.5. The van der Waals surface area contributed by atoms with E-state index in [9.17, 15) is 4.79 Å². The molecule has 0 aromatic carbocycles. The summed E-state index contributed by atoms with van der Waals surface area (Å²) in [5.74, 6) is -0.0369. The van der Waals surface area contributed by atoms with Crippen molar-refractivity contribution in [3.8, 4) is 0 Å². The van der Waals surface area contributed by atoms with Crippen LogP contribution in [0.15, 0.2) is 39.7 Å². The normalized spacial score (nSPS) is 18.6. The first-order valence-corrected chi connectivity index (χ1v) is 8.50. The van der Waals surface area contributed by atoms with E-state index in [2.05, 4.69) is 15.0 Å². The maximum atomic E-state index is 12.5. The summed E-state index contributed by atoms with van der Waals surface area (Å²) in [6.07, 6.45) is 3.51. The summed E-state index contributed by atoms with van der Waals surface area (Å²) in [5.41, 5.74) is 1.70. The number of amides is 1. The van der Waals surface area contributed by atoms with Crippen molar-refractivity contribution in [2.75, 3.05) is 6.54 Å². The van der Waals surface area contributed by atoms with Crippen LogP contribution < -0.4 is 0 Å². The van der Waals surface area contributed by atoms with E-state index >= 15 is 0 Å². The number of thiazole rings is 1. The molecule has 0 spiro atoms. The number of amidine groups is 1. The van der Waals surface area contributed by atoms with E-state index in [0.717, 1.165) is 11.4 Å². The number of nitrogens with zero attached hydrogens (tertiary/aromatic N) is 4. The number of carbonyl (C=O) groups excluding carboxylic acids is 1. The lowest BCUT2D eigenvalue weighted by atomic mass is 10.3. The first-order valence-electron chi connectivity index (χ1n) is 6.80. The molecule has 1 aliphatic heterocycles. The maximum absolute atomic E-state index is 12.5. The number of carbonyl (C=O) groups is 1. The van der Waals surface area contributed by atoms with Crippen molar-refractivity contribution in [3.05, 3.63) is 46.1 Å². The minimum absolute atomic E-state index is 0.0369. The Morgan fingerprint density at radius 2 is 2.27 bits per heavy atom. The molecular formula is C15H14N4OS2. The van der Waals surface area contributed by atoms with Crippen LogP contribution in [0.25, 0.3) is 6.08 Å². The monoisotopic (exact) mass is 330 g/mol. The Hall–Kier alpha value is -1.99. The van der Waals surface area contributed by atoms with E-state index in [4.69, 9.17) is 0 Å². The van der Waals surface area contributed by atoms with Crippen LogP contribution in [0, 0.1) is 6.92 Å². The van der Waals surface area contributed by atoms with E-state index in [0.29, 0.717) is 21.7 Å². The highest BCUT2D eigenvalue weighted by Crippen LogP contribution is 2.34. The van der Waals surface area contributed by atoms with Gasteiger partial charge in [0.2, 0.25) is 5.13 Å². The number of aliphatic imine (C=N–C) groups is 1. The Balaban J connectivity index is 1.92. The van der Waals surface area contributed by atoms with E-state index < -0.39 is 0 Å². The van der Waals surface area contributed by atoms with Crippen molar-refractivity contribution in [1.82, 2.24) is 14.9 Å². The van der Waals surface area contributed by atoms with Crippen molar-refractivity contribution >= 4 is 45.4 Å². The van der Waals surface area contributed by atoms with E-state index in [1.807, 2.05) is 37.4 Å². The SMILES string of the molecule is CCN1C(=O)/C(=C/c2ccccn2)S/C1=N/c1nc(C)cs1. The average molecular weight is 330 g/mol. The van der Waals surface area contributed by atoms with Crippen LogP contribution in [-0.4, -0.2) is 32.5 Å². The van der Waals surface area contributed by atoms with Crippen LogP contribution in [0.4, 0.5) is 5.13 Å². The molecule has 0 atom stereocenters. The summed E-state index contributed by atoms with van der Waals surface area (Å²) in [4.78, 5) is 27.8. The van der Waals surface area contributed by atoms with Crippen molar-refractivity contribution < 1.29 is 4.79 Å². The quantitative estimate of drug-likeness (QED) is 0.809. The minimum Gasteiger partial charge on any atom is -0.287 e. The summed E-state index contributed by atoms with van der Waals surface area (Å²) in [5, 5.41) is 3.29. The predicted octanol–water partition coefficient (Wildman–Crippen LogP) is 3.47. The molecule has 0 saturated carbocycles. The number of aromatic nitrogens is 2. The summed E-state index contributed by atoms with van der Waals surface area (Å²) in [6.45, 7) is 4.44. The van der Waals surface area contributed by atoms with Gasteiger partial charge in [-0.15, -0.1) is 11.3 Å². The molecule has 0 bridgehead atoms. The second-order valence-electron chi connectivity index (χ2n) is 4.58. The average Bonchev–Trinajstić information content (AvgIpc) is 3.05. The highest BCUT2D eigenvalue weighted by Gasteiger charge is 2.32. The molecule has 0 unspecified atom stereocenters. The second-order valence-corrected chi connectivity index (χ2v) is 6.43. The van der Waals surface area contributed by atoms with Gasteiger partial charge in [-0.25, -0.2) is 4.98 Å². The molecule has 1 saturated heterocycles. The molecule has 1 fully saturated rings. The van der Waals surface area contributed by atoms with Gasteiger partial charge in [0.05, 0.1) is 16.3 Å². The Morgan fingerprint density at radius 1 is 1.41 bits per heavy atom. The first-order chi connectivity index (χ1) is 10.7. The van der Waals surface area contributed by atoms with Gasteiger partial charge in [0.1, 0.15) is 0 Å². The number of hydrogen-bond donors (Lipinski definition) is 0. The summed E-state index contributed by atoms with van der Waals surface area (Å²) in [6, 6.07) is 5.62. The van der Waals surface area contributed by atoms with Crippen LogP contribution in [0.1, 0.15) is 18.3 Å². The van der Waals surface area contributed by atoms with Crippen molar-refractivity contribution in [2.45, 2.75) is 13.8 Å². The Labute approximate surface area is 136 Å². The van der Waals surface area contributed by atoms with Gasteiger partial charge in [-0.1, -0.05) is 6.07 Å². The molecule has 5 nitrogen and oxygen atoms in total. The van der Waals surface area contributed by atoms with E-state index in [1.165, 1.54) is 23.1 Å². The van der Waals surface area contributed by atoms with E-state index in [-0.39, 0.29) is 5.91 Å². The van der Waals surface area contributed by atoms with Crippen molar-refractivity contribution in [1.29, 1.82) is 0 Å². The zero-order valence-corrected chi connectivity index (χ0v) is 13.8. The van der Waals surface area contributed by atoms with Gasteiger partial charge < -0.3 is 0 Å². The molecule has 3 heterocycles. The molecular weight excluding hydrogens is 316 g/mol. The molecule has 1 amide bonds. The fourth-order valence-corrected chi connectivity index (χ4v) is 3.69. The van der Waals surface area contributed by atoms with Gasteiger partial charge in [0.15, 0.2) is 5.17 Å². The Kier molecular flexibility index (Phi) is 4.35. The molecule has 0 aliphatic carbocycles. The number of likely N-dealkylation sites (N-methyl/N-ethyl adjacent to an activating group) is 1. The number of rotatable bonds is 3. The fraction of sp³-hybridized carbons (Fsp3) is 0.200. The molecule has 1 aliphatic rings. The van der Waals surface area contributed by atoms with Crippen LogP contribution in [0.5, 0.6) is 0 Å². The number of aryl methyl sites for hydroxylation is 1. The molecule has 2 aromatic heterocycles. The highest BCUT2D eigenvalue weighted by molar-refractivity contribution is 8.18. The third-order valence-electron chi connectivity index (χ3n) is 2.97. The van der Waals surface area contributed by atoms with Crippen LogP contribution in [0.3, 0.4) is 0 Å². The molecule has 3 rings (SSSR count). The van der Waals surface area contributed by atoms with Crippen LogP contribution in [0.2, 0.25) is 0 Å². The van der Waals surface area contributed by atoms with Gasteiger partial charge in [0, 0.05) is 18.1 Å². The largest absolute Gasteiger partial charge is 0.287 e. The summed E-state index contributed by atoms with van der Waals surface area (Å²) < 4.78 is 0. The van der Waals surface area contributed by atoms with Gasteiger partial charge in [-0.05, 0) is 43.8 Å². The topological polar surface area (TPSA) is 58.5 Å². The number of thioether (sulfide) groups is 1. The standard InChI is InChI=1S/C15H14N4OS2/c1-3-19-13(20)12(8-11-6-4-5-7-16-11)22-15(19)18-14-17-10(2)9-21-14/h4-9H,3H2,1-2H3/b12-8-,18-15+. The minimum atomic E-state index is -0.0369. The maximum Gasteiger partial charge on any atom is 0.266 e. The molecule has 0 N–H and O–H groups in total. The third-order valence-corrected chi connectivity index (χ3v) is 4.83. The smallest absolute Gasteiger partial charge is 0.266 e. The fourth-order valence-electron chi connectivity index (χ4n) is 1.94. The van der Waals surface area contributed by atoms with E-state index in [1.54, 1.807) is 17.2 Å². The first kappa shape index (κ1) is 14.9. The summed E-state index contributed by atoms with van der Waals surface area (Å²) >= 11 is 2.84. The van der Waals surface area contributed by atoms with Crippen LogP contribution >= 0.6 is 23.1 Å². The van der Waals surface area contributed by atoms with Crippen LogP contribution in [-0.2, 0) is 4.79 Å². The molecule has 112 valence electrons. The van der Waals surface area contributed by atoms with Crippen molar-refractivity contribution in [3.63, 3.8) is 0 Å². The lowest BCUT2D eigenvalue weighted by Gasteiger charge is -2.11. The summed E-state index contributed by atoms with van der Waals surface area (Å²) in [7, 11) is 0. The molecule has 7 heteroatoms. The van der Waals surface area contributed by atoms with Gasteiger partial charge in [-0.3, -0.25) is 14.7 Å². The predicted molar refractivity (Wildman–Crippen MR) is 91.1 cm³/mol. The Bertz CT molecular complexity index is 752. The third kappa shape index (κ3) is 3.10.